The Balaban J connectivity index is 1.64. The van der Waals surface area contributed by atoms with Crippen LogP contribution >= 0.6 is 11.6 Å². The summed E-state index contributed by atoms with van der Waals surface area (Å²) in [5.74, 6) is 0.826. The summed E-state index contributed by atoms with van der Waals surface area (Å²) in [6.07, 6.45) is 2.04. The molecule has 3 aromatic carbocycles. The van der Waals surface area contributed by atoms with Crippen molar-refractivity contribution < 1.29 is 13.9 Å². The molecule has 0 aliphatic heterocycles. The number of aryl methyl sites for hydroxylation is 1. The molecule has 3 rings (SSSR count). The highest BCUT2D eigenvalue weighted by atomic mass is 35.5. The molecule has 0 aliphatic carbocycles. The van der Waals surface area contributed by atoms with E-state index in [9.17, 15) is 4.39 Å². The lowest BCUT2D eigenvalue weighted by molar-refractivity contribution is 0.275. The monoisotopic (exact) mass is 427 g/mol. The molecule has 3 aromatic rings. The molecule has 158 valence electrons. The molecule has 0 saturated carbocycles. The lowest BCUT2D eigenvalue weighted by Crippen LogP contribution is -2.26. The second-order valence-electron chi connectivity index (χ2n) is 7.24. The molecule has 1 atom stereocenters. The van der Waals surface area contributed by atoms with Gasteiger partial charge in [-0.15, -0.1) is 0 Å². The van der Waals surface area contributed by atoms with Gasteiger partial charge in [0, 0.05) is 23.7 Å². The van der Waals surface area contributed by atoms with Gasteiger partial charge < -0.3 is 14.8 Å². The van der Waals surface area contributed by atoms with Crippen LogP contribution in [0.1, 0.15) is 30.0 Å². The maximum absolute atomic E-state index is 14.1. The molecule has 0 aromatic heterocycles. The molecule has 0 heterocycles. The molecule has 0 aliphatic rings. The normalized spacial score (nSPS) is 11.9. The summed E-state index contributed by atoms with van der Waals surface area (Å²) in [5, 5.41) is 3.89. The number of methoxy groups -OCH3 is 1. The van der Waals surface area contributed by atoms with Crippen molar-refractivity contribution in [3.05, 3.63) is 94.3 Å². The van der Waals surface area contributed by atoms with Gasteiger partial charge in [-0.05, 0) is 43.5 Å². The van der Waals surface area contributed by atoms with Gasteiger partial charge in [-0.25, -0.2) is 4.39 Å². The van der Waals surface area contributed by atoms with E-state index < -0.39 is 0 Å². The minimum Gasteiger partial charge on any atom is -0.493 e. The van der Waals surface area contributed by atoms with Gasteiger partial charge in [0.15, 0.2) is 11.5 Å². The fourth-order valence-electron chi connectivity index (χ4n) is 3.25. The average molecular weight is 428 g/mol. The third kappa shape index (κ3) is 5.97. The third-order valence-electron chi connectivity index (χ3n) is 5.05. The van der Waals surface area contributed by atoms with Crippen molar-refractivity contribution in [2.45, 2.75) is 39.0 Å². The summed E-state index contributed by atoms with van der Waals surface area (Å²) in [7, 11) is 1.60. The zero-order valence-corrected chi connectivity index (χ0v) is 18.1. The first kappa shape index (κ1) is 22.1. The van der Waals surface area contributed by atoms with E-state index >= 15 is 0 Å². The Morgan fingerprint density at radius 3 is 2.50 bits per heavy atom. The average Bonchev–Trinajstić information content (AvgIpc) is 2.77. The summed E-state index contributed by atoms with van der Waals surface area (Å²) in [6, 6.07) is 21.1. The summed E-state index contributed by atoms with van der Waals surface area (Å²) < 4.78 is 25.6. The van der Waals surface area contributed by atoms with Crippen LogP contribution in [0.4, 0.5) is 4.39 Å². The molecule has 5 heteroatoms. The van der Waals surface area contributed by atoms with Crippen LogP contribution in [0, 0.1) is 5.82 Å². The molecule has 0 saturated heterocycles. The summed E-state index contributed by atoms with van der Waals surface area (Å²) in [5.41, 5.74) is 2.62. The van der Waals surface area contributed by atoms with Crippen LogP contribution in [0.5, 0.6) is 11.5 Å². The minimum atomic E-state index is -0.383. The zero-order chi connectivity index (χ0) is 21.3. The minimum absolute atomic E-state index is 0.0302. The number of nitrogens with one attached hydrogen (secondary N) is 1. The highest BCUT2D eigenvalue weighted by molar-refractivity contribution is 6.31. The van der Waals surface area contributed by atoms with Crippen molar-refractivity contribution in [1.82, 2.24) is 5.32 Å². The number of benzene rings is 3. The van der Waals surface area contributed by atoms with Gasteiger partial charge in [0.1, 0.15) is 12.4 Å². The van der Waals surface area contributed by atoms with Crippen LogP contribution in [0.15, 0.2) is 66.7 Å². The maximum atomic E-state index is 14.1. The first-order chi connectivity index (χ1) is 14.6. The van der Waals surface area contributed by atoms with E-state index in [1.807, 2.05) is 24.3 Å². The largest absolute Gasteiger partial charge is 0.493 e. The summed E-state index contributed by atoms with van der Waals surface area (Å²) in [6.45, 7) is 2.82. The Labute approximate surface area is 182 Å². The van der Waals surface area contributed by atoms with Gasteiger partial charge in [0.05, 0.1) is 12.1 Å². The number of ether oxygens (including phenoxy) is 2. The Hall–Kier alpha value is -2.56. The van der Waals surface area contributed by atoms with E-state index in [-0.39, 0.29) is 12.4 Å². The lowest BCUT2D eigenvalue weighted by Gasteiger charge is -2.18. The van der Waals surface area contributed by atoms with E-state index in [0.717, 1.165) is 18.4 Å². The van der Waals surface area contributed by atoms with Crippen LogP contribution in [-0.4, -0.2) is 13.2 Å². The van der Waals surface area contributed by atoms with Crippen LogP contribution in [0.3, 0.4) is 0 Å². The van der Waals surface area contributed by atoms with Gasteiger partial charge in [-0.3, -0.25) is 0 Å². The van der Waals surface area contributed by atoms with Crippen LogP contribution in [0.25, 0.3) is 0 Å². The standard InChI is InChI=1S/C25H27ClFNO2/c1-18(14-15-19-8-4-3-5-9-19)28-16-20-10-6-13-24(29-2)25(20)30-17-21-22(26)11-7-12-23(21)27/h3-13,18,28H,14-17H2,1-2H3. The van der Waals surface area contributed by atoms with Crippen molar-refractivity contribution in [2.24, 2.45) is 0 Å². The smallest absolute Gasteiger partial charge is 0.166 e. The molecular formula is C25H27ClFNO2. The quantitative estimate of drug-likeness (QED) is 0.419. The number of para-hydroxylation sites is 1. The van der Waals surface area contributed by atoms with Crippen LogP contribution in [0.2, 0.25) is 5.02 Å². The van der Waals surface area contributed by atoms with E-state index in [2.05, 4.69) is 36.5 Å². The first-order valence-electron chi connectivity index (χ1n) is 10.1. The fraction of sp³-hybridized carbons (Fsp3) is 0.280. The zero-order valence-electron chi connectivity index (χ0n) is 17.3. The second-order valence-corrected chi connectivity index (χ2v) is 7.65. The van der Waals surface area contributed by atoms with Crippen molar-refractivity contribution in [1.29, 1.82) is 0 Å². The summed E-state index contributed by atoms with van der Waals surface area (Å²) in [4.78, 5) is 0. The molecule has 0 spiro atoms. The van der Waals surface area contributed by atoms with Crippen molar-refractivity contribution in [2.75, 3.05) is 7.11 Å². The van der Waals surface area contributed by atoms with E-state index in [4.69, 9.17) is 21.1 Å². The van der Waals surface area contributed by atoms with Gasteiger partial charge in [-0.2, -0.15) is 0 Å². The predicted octanol–water partition coefficient (Wildman–Crippen LogP) is 6.18. The lowest BCUT2D eigenvalue weighted by atomic mass is 10.1. The van der Waals surface area contributed by atoms with Crippen LogP contribution < -0.4 is 14.8 Å². The van der Waals surface area contributed by atoms with E-state index in [0.29, 0.717) is 34.7 Å². The molecule has 0 fully saturated rings. The molecule has 1 unspecified atom stereocenters. The molecule has 0 amide bonds. The van der Waals surface area contributed by atoms with Crippen molar-refractivity contribution in [3.8, 4) is 11.5 Å². The highest BCUT2D eigenvalue weighted by Gasteiger charge is 2.14. The van der Waals surface area contributed by atoms with Gasteiger partial charge in [-0.1, -0.05) is 60.1 Å². The van der Waals surface area contributed by atoms with Crippen molar-refractivity contribution >= 4 is 11.6 Å². The van der Waals surface area contributed by atoms with Gasteiger partial charge in [0.25, 0.3) is 0 Å². The Kier molecular flexibility index (Phi) is 8.12. The number of hydrogen-bond donors (Lipinski definition) is 1. The van der Waals surface area contributed by atoms with Gasteiger partial charge in [0.2, 0.25) is 0 Å². The number of rotatable bonds is 10. The molecule has 0 bridgehead atoms. The molecule has 1 N–H and O–H groups in total. The Morgan fingerprint density at radius 1 is 1.00 bits per heavy atom. The molecule has 30 heavy (non-hydrogen) atoms. The van der Waals surface area contributed by atoms with Crippen molar-refractivity contribution in [3.63, 3.8) is 0 Å². The maximum Gasteiger partial charge on any atom is 0.166 e. The molecule has 0 radical (unpaired) electrons. The topological polar surface area (TPSA) is 30.5 Å². The first-order valence-corrected chi connectivity index (χ1v) is 10.4. The highest BCUT2D eigenvalue weighted by Crippen LogP contribution is 2.33. The fourth-order valence-corrected chi connectivity index (χ4v) is 3.47. The van der Waals surface area contributed by atoms with Crippen LogP contribution in [-0.2, 0) is 19.6 Å². The van der Waals surface area contributed by atoms with Gasteiger partial charge >= 0.3 is 0 Å². The predicted molar refractivity (Wildman–Crippen MR) is 120 cm³/mol. The Bertz CT molecular complexity index is 929. The molecule has 3 nitrogen and oxygen atoms in total. The Morgan fingerprint density at radius 2 is 1.77 bits per heavy atom. The number of hydrogen-bond acceptors (Lipinski definition) is 3. The molecular weight excluding hydrogens is 401 g/mol. The number of halogens is 2. The SMILES string of the molecule is COc1cccc(CNC(C)CCc2ccccc2)c1OCc1c(F)cccc1Cl. The van der Waals surface area contributed by atoms with E-state index in [1.54, 1.807) is 19.2 Å². The second kappa shape index (κ2) is 11.0. The van der Waals surface area contributed by atoms with E-state index in [1.165, 1.54) is 11.6 Å². The summed E-state index contributed by atoms with van der Waals surface area (Å²) >= 11 is 6.13. The third-order valence-corrected chi connectivity index (χ3v) is 5.41.